The molecule has 11 heavy (non-hydrogen) atoms. The Morgan fingerprint density at radius 3 is 3.18 bits per heavy atom. The number of rotatable bonds is 3. The van der Waals surface area contributed by atoms with Gasteiger partial charge in [-0.25, -0.2) is 4.79 Å². The summed E-state index contributed by atoms with van der Waals surface area (Å²) in [5, 5.41) is 8.53. The Labute approximate surface area is 63.4 Å². The van der Waals surface area contributed by atoms with Gasteiger partial charge >= 0.3 is 11.9 Å². The lowest BCUT2D eigenvalue weighted by Gasteiger charge is -1.85. The van der Waals surface area contributed by atoms with Crippen LogP contribution < -0.4 is 4.57 Å². The van der Waals surface area contributed by atoms with E-state index in [1.165, 1.54) is 10.8 Å². The number of carbonyl (C=O) groups is 1. The normalized spacial score (nSPS) is 9.45. The van der Waals surface area contributed by atoms with Crippen LogP contribution in [0.15, 0.2) is 29.5 Å². The van der Waals surface area contributed by atoms with Crippen LogP contribution in [0.25, 0.3) is 0 Å². The second-order valence-corrected chi connectivity index (χ2v) is 1.95. The summed E-state index contributed by atoms with van der Waals surface area (Å²) in [7, 11) is 0. The number of carboxylic acids is 1. The molecular formula is C7H8NO3+. The van der Waals surface area contributed by atoms with Gasteiger partial charge in [0.25, 0.3) is 0 Å². The summed E-state index contributed by atoms with van der Waals surface area (Å²) in [5.74, 6) is -1.15. The van der Waals surface area contributed by atoms with E-state index in [9.17, 15) is 4.79 Å². The summed E-state index contributed by atoms with van der Waals surface area (Å²) in [4.78, 5) is 10.4. The van der Waals surface area contributed by atoms with Gasteiger partial charge in [-0.15, -0.1) is 0 Å². The lowest BCUT2D eigenvalue weighted by molar-refractivity contribution is -0.692. The molecule has 1 aromatic heterocycles. The van der Waals surface area contributed by atoms with Gasteiger partial charge in [-0.2, -0.15) is 4.57 Å². The van der Waals surface area contributed by atoms with Gasteiger partial charge in [0.05, 0.1) is 0 Å². The molecule has 0 spiro atoms. The van der Waals surface area contributed by atoms with Crippen LogP contribution in [0.1, 0.15) is 10.7 Å². The van der Waals surface area contributed by atoms with Gasteiger partial charge < -0.3 is 9.52 Å². The largest absolute Gasteiger partial charge is 0.471 e. The first-order chi connectivity index (χ1) is 5.25. The van der Waals surface area contributed by atoms with Crippen molar-refractivity contribution >= 4 is 5.97 Å². The molecule has 4 heteroatoms. The van der Waals surface area contributed by atoms with Gasteiger partial charge in [-0.3, -0.25) is 0 Å². The Morgan fingerprint density at radius 2 is 2.64 bits per heavy atom. The van der Waals surface area contributed by atoms with E-state index < -0.39 is 5.97 Å². The number of allylic oxidation sites excluding steroid dienone is 1. The summed E-state index contributed by atoms with van der Waals surface area (Å²) in [5.41, 5.74) is 0. The van der Waals surface area contributed by atoms with E-state index in [0.29, 0.717) is 6.54 Å². The molecule has 4 nitrogen and oxygen atoms in total. The molecule has 1 rings (SSSR count). The number of oxazole rings is 1. The molecule has 0 bridgehead atoms. The van der Waals surface area contributed by atoms with Crippen molar-refractivity contribution in [3.8, 4) is 0 Å². The average Bonchev–Trinajstić information content (AvgIpc) is 2.36. The van der Waals surface area contributed by atoms with Crippen LogP contribution in [0.2, 0.25) is 0 Å². The first-order valence-electron chi connectivity index (χ1n) is 3.07. The number of aromatic carboxylic acids is 1. The van der Waals surface area contributed by atoms with Crippen LogP contribution in [0.5, 0.6) is 0 Å². The van der Waals surface area contributed by atoms with Crippen molar-refractivity contribution < 1.29 is 18.9 Å². The molecule has 0 aliphatic carbocycles. The molecule has 1 N–H and O–H groups in total. The smallest absolute Gasteiger partial charge is 0.461 e. The van der Waals surface area contributed by atoms with Crippen LogP contribution in [-0.4, -0.2) is 11.1 Å². The van der Waals surface area contributed by atoms with Crippen molar-refractivity contribution in [2.24, 2.45) is 0 Å². The molecule has 0 saturated carbocycles. The number of carboxylic acid groups (broad SMARTS) is 1. The Balaban J connectivity index is 2.95. The first-order valence-corrected chi connectivity index (χ1v) is 3.07. The SMILES string of the molecule is C=CC[n+]1ccoc1C(=O)O. The highest BCUT2D eigenvalue weighted by Crippen LogP contribution is 1.91. The molecule has 1 aromatic rings. The highest BCUT2D eigenvalue weighted by Gasteiger charge is 2.21. The second kappa shape index (κ2) is 3.01. The number of hydrogen-bond donors (Lipinski definition) is 1. The van der Waals surface area contributed by atoms with Gasteiger partial charge in [0.2, 0.25) is 6.20 Å². The zero-order chi connectivity index (χ0) is 8.27. The zero-order valence-electron chi connectivity index (χ0n) is 5.86. The monoisotopic (exact) mass is 154 g/mol. The zero-order valence-corrected chi connectivity index (χ0v) is 5.86. The summed E-state index contributed by atoms with van der Waals surface area (Å²) >= 11 is 0. The maximum atomic E-state index is 10.4. The third kappa shape index (κ3) is 1.46. The third-order valence-electron chi connectivity index (χ3n) is 1.19. The Hall–Kier alpha value is -1.58. The highest BCUT2D eigenvalue weighted by molar-refractivity contribution is 5.80. The fourth-order valence-corrected chi connectivity index (χ4v) is 0.760. The van der Waals surface area contributed by atoms with Crippen molar-refractivity contribution in [1.29, 1.82) is 0 Å². The lowest BCUT2D eigenvalue weighted by Crippen LogP contribution is -2.36. The quantitative estimate of drug-likeness (QED) is 0.508. The molecule has 0 unspecified atom stereocenters. The molecule has 0 aliphatic rings. The van der Waals surface area contributed by atoms with E-state index in [4.69, 9.17) is 9.52 Å². The van der Waals surface area contributed by atoms with Crippen LogP contribution in [0.4, 0.5) is 0 Å². The Kier molecular flexibility index (Phi) is 2.06. The van der Waals surface area contributed by atoms with Crippen molar-refractivity contribution in [1.82, 2.24) is 0 Å². The Bertz CT molecular complexity index is 277. The molecule has 0 fully saturated rings. The van der Waals surface area contributed by atoms with E-state index >= 15 is 0 Å². The molecule has 0 atom stereocenters. The van der Waals surface area contributed by atoms with Gasteiger partial charge in [-0.05, 0) is 6.08 Å². The molecule has 0 aliphatic heterocycles. The number of aromatic nitrogens is 1. The van der Waals surface area contributed by atoms with Crippen LogP contribution in [0, 0.1) is 0 Å². The molecule has 0 saturated heterocycles. The van der Waals surface area contributed by atoms with E-state index in [1.54, 1.807) is 12.3 Å². The van der Waals surface area contributed by atoms with Crippen molar-refractivity contribution in [2.75, 3.05) is 0 Å². The fraction of sp³-hybridized carbons (Fsp3) is 0.143. The summed E-state index contributed by atoms with van der Waals surface area (Å²) in [6, 6.07) is 0. The van der Waals surface area contributed by atoms with Gasteiger partial charge in [0, 0.05) is 0 Å². The van der Waals surface area contributed by atoms with Crippen molar-refractivity contribution in [2.45, 2.75) is 6.54 Å². The van der Waals surface area contributed by atoms with E-state index in [-0.39, 0.29) is 5.89 Å². The first kappa shape index (κ1) is 7.53. The fourth-order valence-electron chi connectivity index (χ4n) is 0.760. The van der Waals surface area contributed by atoms with Crippen LogP contribution in [-0.2, 0) is 6.54 Å². The van der Waals surface area contributed by atoms with Gasteiger partial charge in [0.15, 0.2) is 12.8 Å². The summed E-state index contributed by atoms with van der Waals surface area (Å²) in [6.45, 7) is 3.92. The molecule has 58 valence electrons. The molecule has 1 heterocycles. The topological polar surface area (TPSA) is 54.3 Å². The van der Waals surface area contributed by atoms with Crippen molar-refractivity contribution in [3.63, 3.8) is 0 Å². The average molecular weight is 154 g/mol. The number of nitrogens with zero attached hydrogens (tertiary/aromatic N) is 1. The van der Waals surface area contributed by atoms with E-state index in [0.717, 1.165) is 0 Å². The van der Waals surface area contributed by atoms with E-state index in [2.05, 4.69) is 6.58 Å². The lowest BCUT2D eigenvalue weighted by atomic mass is 10.5. The van der Waals surface area contributed by atoms with Crippen LogP contribution in [0.3, 0.4) is 0 Å². The van der Waals surface area contributed by atoms with Gasteiger partial charge in [-0.1, -0.05) is 6.58 Å². The molecule has 0 aromatic carbocycles. The van der Waals surface area contributed by atoms with Crippen molar-refractivity contribution in [3.05, 3.63) is 31.0 Å². The maximum absolute atomic E-state index is 10.4. The minimum absolute atomic E-state index is 0.0788. The summed E-state index contributed by atoms with van der Waals surface area (Å²) in [6.07, 6.45) is 4.47. The summed E-state index contributed by atoms with van der Waals surface area (Å²) < 4.78 is 6.15. The van der Waals surface area contributed by atoms with Gasteiger partial charge in [0.1, 0.15) is 0 Å². The predicted molar refractivity (Wildman–Crippen MR) is 36.1 cm³/mol. The third-order valence-corrected chi connectivity index (χ3v) is 1.19. The van der Waals surface area contributed by atoms with E-state index in [1.807, 2.05) is 0 Å². The second-order valence-electron chi connectivity index (χ2n) is 1.95. The molecule has 0 amide bonds. The predicted octanol–water partition coefficient (Wildman–Crippen LogP) is 0.451. The standard InChI is InChI=1S/C7H7NO3/c1-2-3-8-4-5-11-6(8)7(9)10/h2,4-5H,1,3H2/p+1. The minimum atomic E-state index is -1.07. The molecular weight excluding hydrogens is 146 g/mol. The molecule has 0 radical (unpaired) electrons. The maximum Gasteiger partial charge on any atom is 0.461 e. The highest BCUT2D eigenvalue weighted by atomic mass is 16.4. The van der Waals surface area contributed by atoms with Crippen LogP contribution >= 0.6 is 0 Å². The Morgan fingerprint density at radius 1 is 1.91 bits per heavy atom. The minimum Gasteiger partial charge on any atom is -0.471 e. The number of hydrogen-bond acceptors (Lipinski definition) is 2.